The van der Waals surface area contributed by atoms with Crippen molar-refractivity contribution in [1.29, 1.82) is 5.26 Å². The van der Waals surface area contributed by atoms with Crippen LogP contribution in [-0.4, -0.2) is 11.1 Å². The molecule has 0 saturated heterocycles. The van der Waals surface area contributed by atoms with Crippen LogP contribution >= 0.6 is 22.6 Å². The fourth-order valence-corrected chi connectivity index (χ4v) is 1.95. The molecule has 0 amide bonds. The zero-order chi connectivity index (χ0) is 11.4. The molecule has 0 aromatic heterocycles. The van der Waals surface area contributed by atoms with Crippen molar-refractivity contribution in [1.82, 2.24) is 0 Å². The van der Waals surface area contributed by atoms with Gasteiger partial charge < -0.3 is 5.11 Å². The third kappa shape index (κ3) is 2.93. The quantitative estimate of drug-likeness (QED) is 0.871. The molecule has 0 unspecified atom stereocenters. The lowest BCUT2D eigenvalue weighted by Gasteiger charge is -2.06. The highest BCUT2D eigenvalue weighted by Gasteiger charge is 2.10. The highest BCUT2D eigenvalue weighted by molar-refractivity contribution is 14.1. The van der Waals surface area contributed by atoms with Gasteiger partial charge in [-0.1, -0.05) is 13.0 Å². The molecular weight excluding hydrogens is 305 g/mol. The SMILES string of the molecule is CCc1cc(C#N)c(I)c(CC(=O)O)c1. The third-order valence-electron chi connectivity index (χ3n) is 2.08. The number of rotatable bonds is 3. The predicted octanol–water partition coefficient (Wildman–Crippen LogP) is 2.35. The van der Waals surface area contributed by atoms with Gasteiger partial charge in [0.1, 0.15) is 6.07 Å². The van der Waals surface area contributed by atoms with Crippen molar-refractivity contribution >= 4 is 28.6 Å². The number of hydrogen-bond donors (Lipinski definition) is 1. The van der Waals surface area contributed by atoms with Crippen LogP contribution < -0.4 is 0 Å². The smallest absolute Gasteiger partial charge is 0.307 e. The molecule has 3 nitrogen and oxygen atoms in total. The summed E-state index contributed by atoms with van der Waals surface area (Å²) in [7, 11) is 0. The van der Waals surface area contributed by atoms with E-state index < -0.39 is 5.97 Å². The molecule has 0 heterocycles. The van der Waals surface area contributed by atoms with Crippen LogP contribution in [0.15, 0.2) is 12.1 Å². The summed E-state index contributed by atoms with van der Waals surface area (Å²) in [5.74, 6) is -0.870. The van der Waals surface area contributed by atoms with Gasteiger partial charge in [0.25, 0.3) is 0 Å². The number of carboxylic acid groups (broad SMARTS) is 1. The molecule has 78 valence electrons. The van der Waals surface area contributed by atoms with E-state index in [0.717, 1.165) is 21.1 Å². The number of hydrogen-bond acceptors (Lipinski definition) is 2. The van der Waals surface area contributed by atoms with E-state index >= 15 is 0 Å². The lowest BCUT2D eigenvalue weighted by atomic mass is 10.0. The summed E-state index contributed by atoms with van der Waals surface area (Å²) in [6, 6.07) is 5.75. The van der Waals surface area contributed by atoms with Gasteiger partial charge in [0, 0.05) is 3.57 Å². The van der Waals surface area contributed by atoms with Gasteiger partial charge in [-0.15, -0.1) is 0 Å². The Kier molecular flexibility index (Phi) is 4.09. The second kappa shape index (κ2) is 5.12. The molecule has 0 bridgehead atoms. The Hall–Kier alpha value is -1.09. The van der Waals surface area contributed by atoms with Gasteiger partial charge in [-0.25, -0.2) is 0 Å². The Morgan fingerprint density at radius 1 is 1.60 bits per heavy atom. The molecule has 0 aliphatic rings. The van der Waals surface area contributed by atoms with Crippen molar-refractivity contribution < 1.29 is 9.90 Å². The summed E-state index contributed by atoms with van der Waals surface area (Å²) < 4.78 is 0.745. The highest BCUT2D eigenvalue weighted by atomic mass is 127. The van der Waals surface area contributed by atoms with Gasteiger partial charge in [0.15, 0.2) is 0 Å². The minimum Gasteiger partial charge on any atom is -0.481 e. The average molecular weight is 315 g/mol. The molecule has 0 radical (unpaired) electrons. The number of carbonyl (C=O) groups is 1. The van der Waals surface area contributed by atoms with Crippen molar-refractivity contribution in [2.45, 2.75) is 19.8 Å². The van der Waals surface area contributed by atoms with E-state index in [1.165, 1.54) is 0 Å². The predicted molar refractivity (Wildman–Crippen MR) is 64.6 cm³/mol. The summed E-state index contributed by atoms with van der Waals surface area (Å²) in [6.07, 6.45) is 0.777. The van der Waals surface area contributed by atoms with Crippen LogP contribution in [0.4, 0.5) is 0 Å². The molecule has 0 atom stereocenters. The Labute approximate surface area is 102 Å². The molecule has 0 aliphatic heterocycles. The lowest BCUT2D eigenvalue weighted by molar-refractivity contribution is -0.136. The van der Waals surface area contributed by atoms with Crippen LogP contribution in [0.3, 0.4) is 0 Å². The number of nitriles is 1. The monoisotopic (exact) mass is 315 g/mol. The fraction of sp³-hybridized carbons (Fsp3) is 0.273. The summed E-state index contributed by atoms with van der Waals surface area (Å²) in [5.41, 5.74) is 2.29. The molecule has 0 aliphatic carbocycles. The maximum absolute atomic E-state index is 10.6. The van der Waals surface area contributed by atoms with Crippen molar-refractivity contribution in [3.05, 3.63) is 32.4 Å². The number of halogens is 1. The van der Waals surface area contributed by atoms with Crippen LogP contribution in [0.5, 0.6) is 0 Å². The molecule has 4 heteroatoms. The van der Waals surface area contributed by atoms with Gasteiger partial charge in [0.2, 0.25) is 0 Å². The van der Waals surface area contributed by atoms with Crippen LogP contribution in [0.1, 0.15) is 23.6 Å². The lowest BCUT2D eigenvalue weighted by Crippen LogP contribution is -2.04. The van der Waals surface area contributed by atoms with E-state index in [2.05, 4.69) is 6.07 Å². The number of aliphatic carboxylic acids is 1. The molecule has 15 heavy (non-hydrogen) atoms. The molecule has 0 saturated carbocycles. The number of benzene rings is 1. The van der Waals surface area contributed by atoms with Gasteiger partial charge in [-0.2, -0.15) is 5.26 Å². The Bertz CT molecular complexity index is 435. The van der Waals surface area contributed by atoms with E-state index in [1.54, 1.807) is 0 Å². The molecular formula is C11H10INO2. The van der Waals surface area contributed by atoms with Crippen molar-refractivity contribution in [2.24, 2.45) is 0 Å². The van der Waals surface area contributed by atoms with Crippen molar-refractivity contribution in [2.75, 3.05) is 0 Å². The van der Waals surface area contributed by atoms with Gasteiger partial charge in [-0.3, -0.25) is 4.79 Å². The minimum absolute atomic E-state index is 0.0270. The van der Waals surface area contributed by atoms with Crippen LogP contribution in [0, 0.1) is 14.9 Å². The van der Waals surface area contributed by atoms with Crippen molar-refractivity contribution in [3.63, 3.8) is 0 Å². The Morgan fingerprint density at radius 3 is 2.73 bits per heavy atom. The average Bonchev–Trinajstić information content (AvgIpc) is 2.20. The molecule has 1 rings (SSSR count). The van der Waals surface area contributed by atoms with E-state index in [1.807, 2.05) is 41.6 Å². The molecule has 0 spiro atoms. The molecule has 1 aromatic carbocycles. The van der Waals surface area contributed by atoms with Crippen LogP contribution in [0.2, 0.25) is 0 Å². The fourth-order valence-electron chi connectivity index (χ4n) is 1.33. The number of carboxylic acids is 1. The molecule has 0 fully saturated rings. The van der Waals surface area contributed by atoms with Gasteiger partial charge >= 0.3 is 5.97 Å². The van der Waals surface area contributed by atoms with Crippen molar-refractivity contribution in [3.8, 4) is 6.07 Å². The maximum Gasteiger partial charge on any atom is 0.307 e. The van der Waals surface area contributed by atoms with E-state index in [4.69, 9.17) is 10.4 Å². The highest BCUT2D eigenvalue weighted by Crippen LogP contribution is 2.20. The summed E-state index contributed by atoms with van der Waals surface area (Å²) >= 11 is 2.02. The summed E-state index contributed by atoms with van der Waals surface area (Å²) in [4.78, 5) is 10.6. The first kappa shape index (κ1) is 12.0. The molecule has 1 aromatic rings. The first-order chi connectivity index (χ1) is 7.08. The normalized spacial score (nSPS) is 9.67. The topological polar surface area (TPSA) is 61.1 Å². The Morgan fingerprint density at radius 2 is 2.27 bits per heavy atom. The Balaban J connectivity index is 3.25. The largest absolute Gasteiger partial charge is 0.481 e. The second-order valence-corrected chi connectivity index (χ2v) is 4.23. The van der Waals surface area contributed by atoms with Gasteiger partial charge in [0.05, 0.1) is 12.0 Å². The van der Waals surface area contributed by atoms with E-state index in [9.17, 15) is 4.79 Å². The molecule has 1 N–H and O–H groups in total. The van der Waals surface area contributed by atoms with Crippen LogP contribution in [0.25, 0.3) is 0 Å². The van der Waals surface area contributed by atoms with E-state index in [-0.39, 0.29) is 6.42 Å². The first-order valence-electron chi connectivity index (χ1n) is 4.51. The third-order valence-corrected chi connectivity index (χ3v) is 3.35. The summed E-state index contributed by atoms with van der Waals surface area (Å²) in [5, 5.41) is 17.6. The second-order valence-electron chi connectivity index (χ2n) is 3.15. The maximum atomic E-state index is 10.6. The standard InChI is InChI=1S/C11H10INO2/c1-2-7-3-8(5-10(14)15)11(12)9(4-7)6-13/h3-4H,2,5H2,1H3,(H,14,15). The first-order valence-corrected chi connectivity index (χ1v) is 5.59. The zero-order valence-corrected chi connectivity index (χ0v) is 10.4. The summed E-state index contributed by atoms with van der Waals surface area (Å²) in [6.45, 7) is 1.98. The number of nitrogens with zero attached hydrogens (tertiary/aromatic N) is 1. The van der Waals surface area contributed by atoms with Crippen LogP contribution in [-0.2, 0) is 17.6 Å². The number of aryl methyl sites for hydroxylation is 1. The minimum atomic E-state index is -0.870. The zero-order valence-electron chi connectivity index (χ0n) is 8.25. The van der Waals surface area contributed by atoms with Gasteiger partial charge in [-0.05, 0) is 46.2 Å². The van der Waals surface area contributed by atoms with E-state index in [0.29, 0.717) is 5.56 Å².